The molecule has 0 aliphatic rings. The molecule has 0 spiro atoms. The van der Waals surface area contributed by atoms with Crippen LogP contribution in [0.1, 0.15) is 6.92 Å². The lowest BCUT2D eigenvalue weighted by Gasteiger charge is -1.97. The first-order valence-electron chi connectivity index (χ1n) is 3.04. The monoisotopic (exact) mass is 171 g/mol. The molecule has 5 heteroatoms. The van der Waals surface area contributed by atoms with Gasteiger partial charge in [-0.05, 0) is 23.8 Å². The highest BCUT2D eigenvalue weighted by molar-refractivity contribution is 7.16. The quantitative estimate of drug-likeness (QED) is 0.691. The highest BCUT2D eigenvalue weighted by Gasteiger charge is 1.99. The number of nitrogen functional groups attached to an aromatic ring is 1. The van der Waals surface area contributed by atoms with Crippen LogP contribution in [0.4, 0.5) is 5.13 Å². The summed E-state index contributed by atoms with van der Waals surface area (Å²) in [4.78, 5) is 0. The minimum atomic E-state index is 0.418. The van der Waals surface area contributed by atoms with Gasteiger partial charge in [-0.15, -0.1) is 5.10 Å². The number of rotatable bonds is 3. The summed E-state index contributed by atoms with van der Waals surface area (Å²) in [5.74, 6) is 0. The van der Waals surface area contributed by atoms with Crippen molar-refractivity contribution in [1.29, 1.82) is 0 Å². The Morgan fingerprint density at radius 1 is 1.73 bits per heavy atom. The van der Waals surface area contributed by atoms with Gasteiger partial charge >= 0.3 is 0 Å². The predicted octanol–water partition coefficient (Wildman–Crippen LogP) is 1.08. The van der Waals surface area contributed by atoms with E-state index in [1.807, 2.05) is 6.92 Å². The van der Waals surface area contributed by atoms with Crippen LogP contribution in [0.2, 0.25) is 0 Å². The first-order valence-corrected chi connectivity index (χ1v) is 3.86. The molecular formula is C6H9N3OS. The lowest BCUT2D eigenvalue weighted by atomic mass is 10.4. The minimum Gasteiger partial charge on any atom is -0.464 e. The van der Waals surface area contributed by atoms with Crippen molar-refractivity contribution in [3.05, 3.63) is 12.2 Å². The van der Waals surface area contributed by atoms with Gasteiger partial charge in [-0.25, -0.2) is 0 Å². The molecule has 1 aromatic rings. The molecule has 1 heterocycles. The van der Waals surface area contributed by atoms with E-state index in [-0.39, 0.29) is 0 Å². The van der Waals surface area contributed by atoms with E-state index in [1.54, 1.807) is 0 Å². The molecule has 4 nitrogen and oxygen atoms in total. The van der Waals surface area contributed by atoms with Crippen molar-refractivity contribution < 1.29 is 4.74 Å². The van der Waals surface area contributed by atoms with Crippen molar-refractivity contribution in [1.82, 2.24) is 10.2 Å². The number of hydrogen-bond donors (Lipinski definition) is 1. The fourth-order valence-corrected chi connectivity index (χ4v) is 0.924. The number of nitrogens with two attached hydrogens (primary N) is 1. The average molecular weight is 171 g/mol. The maximum atomic E-state index is 5.33. The molecule has 0 bridgehead atoms. The third-order valence-electron chi connectivity index (χ3n) is 0.864. The van der Waals surface area contributed by atoms with E-state index in [1.165, 1.54) is 11.3 Å². The highest BCUT2D eigenvalue weighted by Crippen LogP contribution is 2.19. The van der Waals surface area contributed by atoms with E-state index in [9.17, 15) is 0 Å². The van der Waals surface area contributed by atoms with Gasteiger partial charge in [0.1, 0.15) is 6.61 Å². The Hall–Kier alpha value is -1.10. The summed E-state index contributed by atoms with van der Waals surface area (Å²) >= 11 is 1.22. The Morgan fingerprint density at radius 2 is 2.45 bits per heavy atom. The van der Waals surface area contributed by atoms with Gasteiger partial charge in [-0.2, -0.15) is 0 Å². The van der Waals surface area contributed by atoms with E-state index in [0.29, 0.717) is 16.9 Å². The summed E-state index contributed by atoms with van der Waals surface area (Å²) in [6.07, 6.45) is 0. The molecule has 60 valence electrons. The van der Waals surface area contributed by atoms with Crippen LogP contribution in [-0.4, -0.2) is 16.8 Å². The molecule has 0 fully saturated rings. The van der Waals surface area contributed by atoms with Gasteiger partial charge < -0.3 is 10.5 Å². The summed E-state index contributed by atoms with van der Waals surface area (Å²) in [6.45, 7) is 6.02. The van der Waals surface area contributed by atoms with E-state index < -0.39 is 0 Å². The van der Waals surface area contributed by atoms with Gasteiger partial charge in [0.25, 0.3) is 5.19 Å². The van der Waals surface area contributed by atoms with E-state index >= 15 is 0 Å². The summed E-state index contributed by atoms with van der Waals surface area (Å²) in [7, 11) is 0. The van der Waals surface area contributed by atoms with Gasteiger partial charge in [0.2, 0.25) is 5.13 Å². The molecule has 0 saturated heterocycles. The fraction of sp³-hybridized carbons (Fsp3) is 0.333. The standard InChI is InChI=1S/C6H9N3OS/c1-4(2)3-10-6-9-8-5(7)11-6/h1,3H2,2H3,(H2,7,8). The van der Waals surface area contributed by atoms with Crippen LogP contribution < -0.4 is 10.5 Å². The Morgan fingerprint density at radius 3 is 2.91 bits per heavy atom. The van der Waals surface area contributed by atoms with Crippen LogP contribution in [0, 0.1) is 0 Å². The third-order valence-corrected chi connectivity index (χ3v) is 1.53. The van der Waals surface area contributed by atoms with Crippen molar-refractivity contribution >= 4 is 16.5 Å². The molecule has 0 amide bonds. The van der Waals surface area contributed by atoms with Gasteiger partial charge in [0.15, 0.2) is 0 Å². The maximum absolute atomic E-state index is 5.33. The maximum Gasteiger partial charge on any atom is 0.296 e. The molecular weight excluding hydrogens is 162 g/mol. The van der Waals surface area contributed by atoms with Crippen LogP contribution in [0.5, 0.6) is 5.19 Å². The van der Waals surface area contributed by atoms with Crippen molar-refractivity contribution in [2.75, 3.05) is 12.3 Å². The first-order chi connectivity index (χ1) is 5.18. The van der Waals surface area contributed by atoms with Crippen molar-refractivity contribution in [3.63, 3.8) is 0 Å². The Kier molecular flexibility index (Phi) is 2.43. The Balaban J connectivity index is 2.45. The van der Waals surface area contributed by atoms with Gasteiger partial charge in [0.05, 0.1) is 0 Å². The third kappa shape index (κ3) is 2.55. The van der Waals surface area contributed by atoms with Crippen molar-refractivity contribution in [3.8, 4) is 5.19 Å². The normalized spacial score (nSPS) is 9.55. The topological polar surface area (TPSA) is 61.0 Å². The van der Waals surface area contributed by atoms with Crippen molar-refractivity contribution in [2.45, 2.75) is 6.92 Å². The number of ether oxygens (including phenoxy) is 1. The molecule has 0 saturated carbocycles. The van der Waals surface area contributed by atoms with Crippen LogP contribution in [0.15, 0.2) is 12.2 Å². The zero-order valence-electron chi connectivity index (χ0n) is 6.20. The first kappa shape index (κ1) is 8.00. The molecule has 11 heavy (non-hydrogen) atoms. The second-order valence-electron chi connectivity index (χ2n) is 2.15. The lowest BCUT2D eigenvalue weighted by molar-refractivity contribution is 0.347. The number of nitrogens with zero attached hydrogens (tertiary/aromatic N) is 2. The molecule has 0 unspecified atom stereocenters. The van der Waals surface area contributed by atoms with Crippen LogP contribution in [0.3, 0.4) is 0 Å². The molecule has 2 N–H and O–H groups in total. The zero-order chi connectivity index (χ0) is 8.27. The summed E-state index contributed by atoms with van der Waals surface area (Å²) in [5, 5.41) is 8.16. The van der Waals surface area contributed by atoms with Gasteiger partial charge in [-0.3, -0.25) is 0 Å². The van der Waals surface area contributed by atoms with Crippen LogP contribution in [0.25, 0.3) is 0 Å². The largest absolute Gasteiger partial charge is 0.464 e. The molecule has 0 aliphatic carbocycles. The predicted molar refractivity (Wildman–Crippen MR) is 44.6 cm³/mol. The number of anilines is 1. The SMILES string of the molecule is C=C(C)COc1nnc(N)s1. The minimum absolute atomic E-state index is 0.418. The number of hydrogen-bond acceptors (Lipinski definition) is 5. The van der Waals surface area contributed by atoms with Crippen LogP contribution in [-0.2, 0) is 0 Å². The van der Waals surface area contributed by atoms with E-state index in [2.05, 4.69) is 16.8 Å². The Labute approximate surface area is 68.7 Å². The average Bonchev–Trinajstić information content (AvgIpc) is 2.31. The van der Waals surface area contributed by atoms with Crippen LogP contribution >= 0.6 is 11.3 Å². The van der Waals surface area contributed by atoms with E-state index in [0.717, 1.165) is 5.57 Å². The second kappa shape index (κ2) is 3.34. The molecule has 1 aromatic heterocycles. The zero-order valence-corrected chi connectivity index (χ0v) is 7.02. The highest BCUT2D eigenvalue weighted by atomic mass is 32.1. The summed E-state index contributed by atoms with van der Waals surface area (Å²) < 4.78 is 5.15. The lowest BCUT2D eigenvalue weighted by Crippen LogP contribution is -1.96. The Bertz CT molecular complexity index is 258. The van der Waals surface area contributed by atoms with E-state index in [4.69, 9.17) is 10.5 Å². The molecule has 0 radical (unpaired) electrons. The second-order valence-corrected chi connectivity index (χ2v) is 3.12. The van der Waals surface area contributed by atoms with Gasteiger partial charge in [-0.1, -0.05) is 11.7 Å². The summed E-state index contributed by atoms with van der Waals surface area (Å²) in [6, 6.07) is 0. The molecule has 0 aliphatic heterocycles. The number of aromatic nitrogens is 2. The fourth-order valence-electron chi connectivity index (χ4n) is 0.464. The molecule has 0 aromatic carbocycles. The molecule has 1 rings (SSSR count). The van der Waals surface area contributed by atoms with Gasteiger partial charge in [0, 0.05) is 0 Å². The molecule has 0 atom stereocenters. The summed E-state index contributed by atoms with van der Waals surface area (Å²) in [5.41, 5.74) is 6.27. The van der Waals surface area contributed by atoms with Crippen molar-refractivity contribution in [2.24, 2.45) is 0 Å². The smallest absolute Gasteiger partial charge is 0.296 e.